The maximum absolute atomic E-state index is 11.8. The van der Waals surface area contributed by atoms with Gasteiger partial charge in [0.1, 0.15) is 11.4 Å². The average Bonchev–Trinajstić information content (AvgIpc) is 2.95. The van der Waals surface area contributed by atoms with Gasteiger partial charge in [0.15, 0.2) is 6.61 Å². The fourth-order valence-electron chi connectivity index (χ4n) is 1.99. The summed E-state index contributed by atoms with van der Waals surface area (Å²) in [6, 6.07) is 12.6. The fraction of sp³-hybridized carbons (Fsp3) is 0.125. The third kappa shape index (κ3) is 3.56. The SMILES string of the molecule is O=C(COc1ccc(Cl)cc1)NCc1cn2ccccc2n1. The Labute approximate surface area is 132 Å². The minimum Gasteiger partial charge on any atom is -0.484 e. The quantitative estimate of drug-likeness (QED) is 0.787. The third-order valence-electron chi connectivity index (χ3n) is 3.06. The first-order valence-electron chi connectivity index (χ1n) is 6.78. The van der Waals surface area contributed by atoms with E-state index in [4.69, 9.17) is 16.3 Å². The standard InChI is InChI=1S/C16H14ClN3O2/c17-12-4-6-14(7-5-12)22-11-16(21)18-9-13-10-20-8-2-1-3-15(20)19-13/h1-8,10H,9,11H2,(H,18,21). The Bertz CT molecular complexity index is 750. The van der Waals surface area contributed by atoms with Crippen LogP contribution in [0.15, 0.2) is 54.9 Å². The van der Waals surface area contributed by atoms with Crippen molar-refractivity contribution in [1.82, 2.24) is 14.7 Å². The first kappa shape index (κ1) is 14.4. The number of nitrogens with one attached hydrogen (secondary N) is 1. The van der Waals surface area contributed by atoms with Crippen LogP contribution in [0.3, 0.4) is 0 Å². The largest absolute Gasteiger partial charge is 0.484 e. The van der Waals surface area contributed by atoms with Crippen molar-refractivity contribution in [3.8, 4) is 5.75 Å². The molecule has 1 aromatic carbocycles. The predicted molar refractivity (Wildman–Crippen MR) is 84.0 cm³/mol. The summed E-state index contributed by atoms with van der Waals surface area (Å²) in [5.74, 6) is 0.402. The monoisotopic (exact) mass is 315 g/mol. The molecule has 0 aliphatic rings. The van der Waals surface area contributed by atoms with E-state index in [0.29, 0.717) is 17.3 Å². The molecule has 6 heteroatoms. The maximum Gasteiger partial charge on any atom is 0.258 e. The number of nitrogens with zero attached hydrogens (tertiary/aromatic N) is 2. The molecule has 22 heavy (non-hydrogen) atoms. The van der Waals surface area contributed by atoms with Crippen molar-refractivity contribution in [2.45, 2.75) is 6.54 Å². The average molecular weight is 316 g/mol. The molecule has 0 spiro atoms. The molecule has 0 unspecified atom stereocenters. The van der Waals surface area contributed by atoms with E-state index in [9.17, 15) is 4.79 Å². The van der Waals surface area contributed by atoms with Gasteiger partial charge < -0.3 is 14.5 Å². The van der Waals surface area contributed by atoms with Gasteiger partial charge in [-0.25, -0.2) is 4.98 Å². The first-order valence-corrected chi connectivity index (χ1v) is 7.16. The lowest BCUT2D eigenvalue weighted by Crippen LogP contribution is -2.28. The molecule has 2 heterocycles. The van der Waals surface area contributed by atoms with Crippen LogP contribution in [0.1, 0.15) is 5.69 Å². The molecule has 5 nitrogen and oxygen atoms in total. The molecule has 0 aliphatic heterocycles. The van der Waals surface area contributed by atoms with Crippen LogP contribution < -0.4 is 10.1 Å². The molecule has 1 amide bonds. The number of hydrogen-bond acceptors (Lipinski definition) is 3. The van der Waals surface area contributed by atoms with Crippen molar-refractivity contribution in [2.24, 2.45) is 0 Å². The number of pyridine rings is 1. The number of benzene rings is 1. The highest BCUT2D eigenvalue weighted by molar-refractivity contribution is 6.30. The molecule has 112 valence electrons. The molecule has 0 fully saturated rings. The lowest BCUT2D eigenvalue weighted by atomic mass is 10.3. The Morgan fingerprint density at radius 2 is 2.05 bits per heavy atom. The van der Waals surface area contributed by atoms with Gasteiger partial charge in [-0.05, 0) is 36.4 Å². The van der Waals surface area contributed by atoms with Gasteiger partial charge in [-0.1, -0.05) is 17.7 Å². The lowest BCUT2D eigenvalue weighted by molar-refractivity contribution is -0.123. The van der Waals surface area contributed by atoms with Gasteiger partial charge in [-0.3, -0.25) is 4.79 Å². The molecule has 0 aliphatic carbocycles. The highest BCUT2D eigenvalue weighted by Crippen LogP contribution is 2.15. The van der Waals surface area contributed by atoms with Crippen molar-refractivity contribution in [2.75, 3.05) is 6.61 Å². The number of aromatic nitrogens is 2. The molecule has 0 saturated carbocycles. The molecule has 0 atom stereocenters. The number of fused-ring (bicyclic) bond motifs is 1. The Kier molecular flexibility index (Phi) is 4.25. The van der Waals surface area contributed by atoms with Crippen molar-refractivity contribution < 1.29 is 9.53 Å². The summed E-state index contributed by atoms with van der Waals surface area (Å²) < 4.78 is 7.28. The van der Waals surface area contributed by atoms with Crippen molar-refractivity contribution in [3.63, 3.8) is 0 Å². The Hall–Kier alpha value is -2.53. The second-order valence-corrected chi connectivity index (χ2v) is 5.15. The van der Waals surface area contributed by atoms with E-state index in [1.54, 1.807) is 24.3 Å². The third-order valence-corrected chi connectivity index (χ3v) is 3.32. The zero-order valence-electron chi connectivity index (χ0n) is 11.7. The van der Waals surface area contributed by atoms with Crippen molar-refractivity contribution in [3.05, 3.63) is 65.6 Å². The molecule has 2 aromatic heterocycles. The minimum absolute atomic E-state index is 0.0466. The van der Waals surface area contributed by atoms with Crippen molar-refractivity contribution >= 4 is 23.2 Å². The number of carbonyl (C=O) groups is 1. The van der Waals surface area contributed by atoms with Crippen molar-refractivity contribution in [1.29, 1.82) is 0 Å². The summed E-state index contributed by atoms with van der Waals surface area (Å²) in [7, 11) is 0. The number of imidazole rings is 1. The van der Waals surface area contributed by atoms with Gasteiger partial charge in [-0.2, -0.15) is 0 Å². The lowest BCUT2D eigenvalue weighted by Gasteiger charge is -2.06. The van der Waals surface area contributed by atoms with Crippen LogP contribution in [0.2, 0.25) is 5.02 Å². The van der Waals surface area contributed by atoms with E-state index in [1.807, 2.05) is 35.0 Å². The normalized spacial score (nSPS) is 10.6. The van der Waals surface area contributed by atoms with Crippen LogP contribution in [0, 0.1) is 0 Å². The van der Waals surface area contributed by atoms with Crippen LogP contribution >= 0.6 is 11.6 Å². The topological polar surface area (TPSA) is 55.6 Å². The van der Waals surface area contributed by atoms with E-state index in [0.717, 1.165) is 11.3 Å². The molecular formula is C16H14ClN3O2. The molecule has 0 radical (unpaired) electrons. The summed E-state index contributed by atoms with van der Waals surface area (Å²) in [4.78, 5) is 16.2. The summed E-state index contributed by atoms with van der Waals surface area (Å²) >= 11 is 5.78. The second-order valence-electron chi connectivity index (χ2n) is 4.72. The number of ether oxygens (including phenoxy) is 1. The highest BCUT2D eigenvalue weighted by atomic mass is 35.5. The highest BCUT2D eigenvalue weighted by Gasteiger charge is 2.05. The predicted octanol–water partition coefficient (Wildman–Crippen LogP) is 2.68. The molecular weight excluding hydrogens is 302 g/mol. The van der Waals surface area contributed by atoms with Gasteiger partial charge in [0.25, 0.3) is 5.91 Å². The first-order chi connectivity index (χ1) is 10.7. The summed E-state index contributed by atoms with van der Waals surface area (Å²) in [6.45, 7) is 0.319. The zero-order chi connectivity index (χ0) is 15.4. The van der Waals surface area contributed by atoms with Crippen LogP contribution in [-0.2, 0) is 11.3 Å². The van der Waals surface area contributed by atoms with Crippen LogP contribution in [0.4, 0.5) is 0 Å². The summed E-state index contributed by atoms with van der Waals surface area (Å²) in [6.07, 6.45) is 3.80. The van der Waals surface area contributed by atoms with E-state index in [1.165, 1.54) is 0 Å². The molecule has 1 N–H and O–H groups in total. The van der Waals surface area contributed by atoms with E-state index in [-0.39, 0.29) is 12.5 Å². The van der Waals surface area contributed by atoms with Crippen LogP contribution in [0.25, 0.3) is 5.65 Å². The van der Waals surface area contributed by atoms with Gasteiger partial charge in [-0.15, -0.1) is 0 Å². The minimum atomic E-state index is -0.202. The second kappa shape index (κ2) is 6.49. The van der Waals surface area contributed by atoms with Gasteiger partial charge in [0.2, 0.25) is 0 Å². The summed E-state index contributed by atoms with van der Waals surface area (Å²) in [5.41, 5.74) is 1.65. The molecule has 0 saturated heterocycles. The van der Waals surface area contributed by atoms with Gasteiger partial charge in [0, 0.05) is 17.4 Å². The Balaban J connectivity index is 1.50. The number of carbonyl (C=O) groups excluding carboxylic acids is 1. The van der Waals surface area contributed by atoms with Crippen LogP contribution in [-0.4, -0.2) is 21.9 Å². The molecule has 0 bridgehead atoms. The fourth-order valence-corrected chi connectivity index (χ4v) is 2.12. The number of halogens is 1. The Morgan fingerprint density at radius 3 is 2.82 bits per heavy atom. The van der Waals surface area contributed by atoms with E-state index >= 15 is 0 Å². The zero-order valence-corrected chi connectivity index (χ0v) is 12.5. The maximum atomic E-state index is 11.8. The molecule has 3 aromatic rings. The number of rotatable bonds is 5. The smallest absolute Gasteiger partial charge is 0.258 e. The summed E-state index contributed by atoms with van der Waals surface area (Å²) in [5, 5.41) is 3.40. The van der Waals surface area contributed by atoms with Crippen LogP contribution in [0.5, 0.6) is 5.75 Å². The van der Waals surface area contributed by atoms with Gasteiger partial charge >= 0.3 is 0 Å². The molecule has 3 rings (SSSR count). The van der Waals surface area contributed by atoms with E-state index < -0.39 is 0 Å². The number of hydrogen-bond donors (Lipinski definition) is 1. The van der Waals surface area contributed by atoms with E-state index in [2.05, 4.69) is 10.3 Å². The number of amides is 1. The van der Waals surface area contributed by atoms with Gasteiger partial charge in [0.05, 0.1) is 12.2 Å². The Morgan fingerprint density at radius 1 is 1.23 bits per heavy atom.